The molecule has 0 fully saturated rings. The molecule has 0 radical (unpaired) electrons. The highest BCUT2D eigenvalue weighted by Crippen LogP contribution is 2.41. The molecule has 0 aliphatic carbocycles. The van der Waals surface area contributed by atoms with Crippen molar-refractivity contribution in [2.75, 3.05) is 7.11 Å². The fourth-order valence-electron chi connectivity index (χ4n) is 3.14. The molecule has 0 aliphatic heterocycles. The molecule has 0 unspecified atom stereocenters. The van der Waals surface area contributed by atoms with Crippen LogP contribution in [0.3, 0.4) is 0 Å². The largest absolute Gasteiger partial charge is 0.497 e. The summed E-state index contributed by atoms with van der Waals surface area (Å²) in [6, 6.07) is 15.8. The van der Waals surface area contributed by atoms with Gasteiger partial charge in [-0.05, 0) is 31.5 Å². The lowest BCUT2D eigenvalue weighted by atomic mass is 9.92. The third-order valence-electron chi connectivity index (χ3n) is 4.31. The fraction of sp³-hybridized carbons (Fsp3) is 0.143. The van der Waals surface area contributed by atoms with E-state index in [1.165, 1.54) is 6.92 Å². The average molecular weight is 362 g/mol. The molecule has 136 valence electrons. The zero-order chi connectivity index (χ0) is 19.6. The maximum Gasteiger partial charge on any atom is 0.303 e. The number of rotatable bonds is 5. The van der Waals surface area contributed by atoms with Crippen LogP contribution in [0.4, 0.5) is 5.69 Å². The predicted molar refractivity (Wildman–Crippen MR) is 103 cm³/mol. The number of aromatic nitrogens is 1. The van der Waals surface area contributed by atoms with Gasteiger partial charge < -0.3 is 4.74 Å². The van der Waals surface area contributed by atoms with Crippen molar-refractivity contribution < 1.29 is 14.5 Å². The third kappa shape index (κ3) is 3.42. The lowest BCUT2D eigenvalue weighted by Crippen LogP contribution is -2.08. The second-order valence-corrected chi connectivity index (χ2v) is 6.05. The van der Waals surface area contributed by atoms with Crippen LogP contribution in [0.25, 0.3) is 22.4 Å². The molecule has 0 amide bonds. The molecule has 3 aromatic rings. The number of carbonyl (C=O) groups excluding carboxylic acids is 1. The Morgan fingerprint density at radius 3 is 2.19 bits per heavy atom. The summed E-state index contributed by atoms with van der Waals surface area (Å²) in [5, 5.41) is 12.0. The van der Waals surface area contributed by atoms with Gasteiger partial charge in [-0.25, -0.2) is 4.98 Å². The topological polar surface area (TPSA) is 82.3 Å². The molecule has 3 rings (SSSR count). The summed E-state index contributed by atoms with van der Waals surface area (Å²) in [4.78, 5) is 28.3. The van der Waals surface area contributed by atoms with Crippen molar-refractivity contribution in [3.05, 3.63) is 76.0 Å². The molecule has 1 aromatic heterocycles. The van der Waals surface area contributed by atoms with Gasteiger partial charge in [0.25, 0.3) is 0 Å². The van der Waals surface area contributed by atoms with Crippen molar-refractivity contribution in [2.45, 2.75) is 13.8 Å². The minimum absolute atomic E-state index is 0.179. The van der Waals surface area contributed by atoms with Crippen molar-refractivity contribution >= 4 is 11.5 Å². The maximum atomic E-state index is 12.3. The standard InChI is InChI=1S/C21H18N2O4/c1-13-18(14(2)24)19(15-9-11-17(27-3)12-10-15)21(23(25)26)20(22-13)16-7-5-4-6-8-16/h4-12H,1-3H3. The molecule has 1 heterocycles. The van der Waals surface area contributed by atoms with Crippen molar-refractivity contribution in [3.8, 4) is 28.1 Å². The number of hydrogen-bond acceptors (Lipinski definition) is 5. The van der Waals surface area contributed by atoms with E-state index >= 15 is 0 Å². The van der Waals surface area contributed by atoms with E-state index in [1.807, 2.05) is 6.07 Å². The molecule has 0 bridgehead atoms. The van der Waals surface area contributed by atoms with Gasteiger partial charge >= 0.3 is 5.69 Å². The Morgan fingerprint density at radius 1 is 1.04 bits per heavy atom. The molecular weight excluding hydrogens is 344 g/mol. The van der Waals surface area contributed by atoms with Crippen molar-refractivity contribution in [1.29, 1.82) is 0 Å². The van der Waals surface area contributed by atoms with E-state index in [0.29, 0.717) is 22.6 Å². The first-order valence-electron chi connectivity index (χ1n) is 8.33. The van der Waals surface area contributed by atoms with E-state index in [2.05, 4.69) is 4.98 Å². The zero-order valence-corrected chi connectivity index (χ0v) is 15.2. The maximum absolute atomic E-state index is 12.3. The van der Waals surface area contributed by atoms with Gasteiger partial charge in [0.1, 0.15) is 11.4 Å². The van der Waals surface area contributed by atoms with Crippen molar-refractivity contribution in [1.82, 2.24) is 4.98 Å². The average Bonchev–Trinajstić information content (AvgIpc) is 2.67. The van der Waals surface area contributed by atoms with Gasteiger partial charge in [0, 0.05) is 11.3 Å². The molecule has 6 nitrogen and oxygen atoms in total. The van der Waals surface area contributed by atoms with Crippen LogP contribution >= 0.6 is 0 Å². The van der Waals surface area contributed by atoms with E-state index in [-0.39, 0.29) is 28.3 Å². The number of carbonyl (C=O) groups is 1. The summed E-state index contributed by atoms with van der Waals surface area (Å²) < 4.78 is 5.16. The first kappa shape index (κ1) is 18.3. The second-order valence-electron chi connectivity index (χ2n) is 6.05. The Morgan fingerprint density at radius 2 is 1.67 bits per heavy atom. The van der Waals surface area contributed by atoms with Crippen molar-refractivity contribution in [3.63, 3.8) is 0 Å². The lowest BCUT2D eigenvalue weighted by Gasteiger charge is -2.14. The summed E-state index contributed by atoms with van der Waals surface area (Å²) in [6.07, 6.45) is 0. The third-order valence-corrected chi connectivity index (χ3v) is 4.31. The summed E-state index contributed by atoms with van der Waals surface area (Å²) in [6.45, 7) is 3.09. The van der Waals surface area contributed by atoms with Gasteiger partial charge in [-0.15, -0.1) is 0 Å². The number of Topliss-reactive ketones (excluding diaryl/α,β-unsaturated/α-hetero) is 1. The SMILES string of the molecule is COc1ccc(-c2c(C(C)=O)c(C)nc(-c3ccccc3)c2[N+](=O)[O-])cc1. The normalized spacial score (nSPS) is 10.5. The molecule has 0 N–H and O–H groups in total. The number of nitro groups is 1. The minimum atomic E-state index is -0.471. The van der Waals surface area contributed by atoms with Gasteiger partial charge in [-0.2, -0.15) is 0 Å². The zero-order valence-electron chi connectivity index (χ0n) is 15.2. The van der Waals surface area contributed by atoms with Crippen LogP contribution in [-0.4, -0.2) is 22.8 Å². The number of ketones is 1. The Labute approximate surface area is 156 Å². The molecule has 2 aromatic carbocycles. The van der Waals surface area contributed by atoms with Crippen LogP contribution in [0.1, 0.15) is 23.0 Å². The quantitative estimate of drug-likeness (QED) is 0.368. The van der Waals surface area contributed by atoms with Crippen LogP contribution in [0.5, 0.6) is 5.75 Å². The number of benzene rings is 2. The Hall–Kier alpha value is -3.54. The van der Waals surface area contributed by atoms with E-state index in [9.17, 15) is 14.9 Å². The number of methoxy groups -OCH3 is 1. The number of nitrogens with zero attached hydrogens (tertiary/aromatic N) is 2. The highest BCUT2D eigenvalue weighted by atomic mass is 16.6. The van der Waals surface area contributed by atoms with Gasteiger partial charge in [0.15, 0.2) is 5.78 Å². The first-order chi connectivity index (χ1) is 12.9. The molecule has 27 heavy (non-hydrogen) atoms. The Balaban J connectivity index is 2.42. The molecule has 0 aliphatic rings. The first-order valence-corrected chi connectivity index (χ1v) is 8.33. The van der Waals surface area contributed by atoms with E-state index < -0.39 is 4.92 Å². The van der Waals surface area contributed by atoms with Gasteiger partial charge in [0.05, 0.1) is 23.2 Å². The summed E-state index contributed by atoms with van der Waals surface area (Å²) in [5.41, 5.74) is 2.24. The lowest BCUT2D eigenvalue weighted by molar-refractivity contribution is -0.383. The van der Waals surface area contributed by atoms with Crippen LogP contribution in [-0.2, 0) is 0 Å². The summed E-state index contributed by atoms with van der Waals surface area (Å²) in [5.74, 6) is 0.355. The molecule has 6 heteroatoms. The molecule has 0 saturated heterocycles. The Bertz CT molecular complexity index is 1010. The van der Waals surface area contributed by atoms with Gasteiger partial charge in [-0.3, -0.25) is 14.9 Å². The summed E-state index contributed by atoms with van der Waals surface area (Å²) in [7, 11) is 1.54. The highest BCUT2D eigenvalue weighted by Gasteiger charge is 2.30. The van der Waals surface area contributed by atoms with E-state index in [1.54, 1.807) is 62.6 Å². The summed E-state index contributed by atoms with van der Waals surface area (Å²) >= 11 is 0. The van der Waals surface area contributed by atoms with E-state index in [0.717, 1.165) is 0 Å². The highest BCUT2D eigenvalue weighted by molar-refractivity contribution is 6.05. The number of ether oxygens (including phenoxy) is 1. The molecule has 0 saturated carbocycles. The molecule has 0 atom stereocenters. The predicted octanol–water partition coefficient (Wildman–Crippen LogP) is 4.84. The monoisotopic (exact) mass is 362 g/mol. The number of aryl methyl sites for hydroxylation is 1. The van der Waals surface area contributed by atoms with Crippen LogP contribution in [0, 0.1) is 17.0 Å². The smallest absolute Gasteiger partial charge is 0.303 e. The molecule has 0 spiro atoms. The van der Waals surface area contributed by atoms with Crippen LogP contribution in [0.15, 0.2) is 54.6 Å². The minimum Gasteiger partial charge on any atom is -0.497 e. The van der Waals surface area contributed by atoms with E-state index in [4.69, 9.17) is 4.74 Å². The number of pyridine rings is 1. The van der Waals surface area contributed by atoms with Gasteiger partial charge in [0.2, 0.25) is 0 Å². The van der Waals surface area contributed by atoms with Crippen LogP contribution in [0.2, 0.25) is 0 Å². The van der Waals surface area contributed by atoms with Crippen LogP contribution < -0.4 is 4.74 Å². The molecular formula is C21H18N2O4. The fourth-order valence-corrected chi connectivity index (χ4v) is 3.14. The number of hydrogen-bond donors (Lipinski definition) is 0. The second kappa shape index (κ2) is 7.37. The van der Waals surface area contributed by atoms with Gasteiger partial charge in [-0.1, -0.05) is 42.5 Å². The van der Waals surface area contributed by atoms with Crippen molar-refractivity contribution in [2.24, 2.45) is 0 Å². The Kier molecular flexibility index (Phi) is 4.98.